The van der Waals surface area contributed by atoms with Gasteiger partial charge in [-0.15, -0.1) is 0 Å². The van der Waals surface area contributed by atoms with Gasteiger partial charge in [-0.05, 0) is 6.92 Å². The Morgan fingerprint density at radius 1 is 1.06 bits per heavy atom. The summed E-state index contributed by atoms with van der Waals surface area (Å²) in [5, 5.41) is 17.3. The van der Waals surface area contributed by atoms with Crippen LogP contribution in [0.3, 0.4) is 0 Å². The highest BCUT2D eigenvalue weighted by atomic mass is 16.7. The lowest BCUT2D eigenvalue weighted by Crippen LogP contribution is -2.46. The molecule has 0 saturated carbocycles. The van der Waals surface area contributed by atoms with Gasteiger partial charge in [-0.25, -0.2) is 0 Å². The lowest BCUT2D eigenvalue weighted by atomic mass is 10.1. The van der Waals surface area contributed by atoms with Gasteiger partial charge in [-0.2, -0.15) is 0 Å². The van der Waals surface area contributed by atoms with E-state index in [1.807, 2.05) is 0 Å². The summed E-state index contributed by atoms with van der Waals surface area (Å²) in [4.78, 5) is 22.5. The molecule has 0 bridgehead atoms. The average Bonchev–Trinajstić information content (AvgIpc) is 2.21. The molecule has 0 amide bonds. The van der Waals surface area contributed by atoms with Gasteiger partial charge < -0.3 is 19.7 Å². The molecule has 0 aromatic heterocycles. The van der Waals surface area contributed by atoms with Crippen molar-refractivity contribution in [3.63, 3.8) is 0 Å². The smallest absolute Gasteiger partial charge is 0.235 e. The van der Waals surface area contributed by atoms with Crippen LogP contribution in [0.4, 0.5) is 0 Å². The maximum Gasteiger partial charge on any atom is 0.235 e. The summed E-state index contributed by atoms with van der Waals surface area (Å²) < 4.78 is 10.2. The van der Waals surface area contributed by atoms with Gasteiger partial charge in [-0.3, -0.25) is 9.59 Å². The maximum atomic E-state index is 11.4. The van der Waals surface area contributed by atoms with E-state index >= 15 is 0 Å². The molecule has 0 radical (unpaired) electrons. The van der Waals surface area contributed by atoms with Crippen molar-refractivity contribution in [2.75, 3.05) is 26.4 Å². The number of Topliss-reactive ketones (excluding diaryl/α,β-unsaturated/α-hetero) is 2. The van der Waals surface area contributed by atoms with Gasteiger partial charge in [0.25, 0.3) is 0 Å². The second-order valence-corrected chi connectivity index (χ2v) is 3.33. The summed E-state index contributed by atoms with van der Waals surface area (Å²) in [5.41, 5.74) is 0. The fourth-order valence-electron chi connectivity index (χ4n) is 1.22. The Labute approximate surface area is 94.2 Å². The minimum Gasteiger partial charge on any atom is -0.394 e. The Kier molecular flexibility index (Phi) is 7.07. The van der Waals surface area contributed by atoms with Crippen LogP contribution in [0.15, 0.2) is 0 Å². The van der Waals surface area contributed by atoms with Crippen molar-refractivity contribution in [3.05, 3.63) is 0 Å². The standard InChI is InChI=1S/C10H18O6/c1-8(13)7-10(9(2)14,15-5-3-11)16-6-4-12/h11-12H,3-7H2,1-2H3. The Hall–Kier alpha value is -0.820. The molecule has 0 aromatic rings. The van der Waals surface area contributed by atoms with Crippen molar-refractivity contribution in [2.24, 2.45) is 0 Å². The number of hydrogen-bond donors (Lipinski definition) is 2. The summed E-state index contributed by atoms with van der Waals surface area (Å²) in [5.74, 6) is -2.42. The van der Waals surface area contributed by atoms with Crippen molar-refractivity contribution >= 4 is 11.6 Å². The lowest BCUT2D eigenvalue weighted by molar-refractivity contribution is -0.233. The third-order valence-corrected chi connectivity index (χ3v) is 1.87. The molecule has 0 aromatic carbocycles. The monoisotopic (exact) mass is 234 g/mol. The zero-order valence-corrected chi connectivity index (χ0v) is 9.56. The molecule has 94 valence electrons. The minimum atomic E-state index is -1.68. The molecule has 6 nitrogen and oxygen atoms in total. The number of ether oxygens (including phenoxy) is 2. The Balaban J connectivity index is 4.73. The summed E-state index contributed by atoms with van der Waals surface area (Å²) >= 11 is 0. The van der Waals surface area contributed by atoms with Crippen LogP contribution in [-0.2, 0) is 19.1 Å². The van der Waals surface area contributed by atoms with E-state index in [1.54, 1.807) is 0 Å². The van der Waals surface area contributed by atoms with E-state index in [2.05, 4.69) is 0 Å². The van der Waals surface area contributed by atoms with Crippen LogP contribution >= 0.6 is 0 Å². The number of aliphatic hydroxyl groups excluding tert-OH is 2. The zero-order valence-electron chi connectivity index (χ0n) is 9.56. The maximum absolute atomic E-state index is 11.4. The second kappa shape index (κ2) is 7.45. The number of carbonyl (C=O) groups excluding carboxylic acids is 2. The van der Waals surface area contributed by atoms with E-state index in [4.69, 9.17) is 19.7 Å². The van der Waals surface area contributed by atoms with Crippen molar-refractivity contribution in [1.29, 1.82) is 0 Å². The average molecular weight is 234 g/mol. The predicted molar refractivity (Wildman–Crippen MR) is 54.8 cm³/mol. The highest BCUT2D eigenvalue weighted by Crippen LogP contribution is 2.20. The molecule has 0 aliphatic rings. The van der Waals surface area contributed by atoms with Crippen LogP contribution in [0, 0.1) is 0 Å². The number of hydrogen-bond acceptors (Lipinski definition) is 6. The topological polar surface area (TPSA) is 93.1 Å². The van der Waals surface area contributed by atoms with E-state index in [0.29, 0.717) is 0 Å². The number of carbonyl (C=O) groups is 2. The van der Waals surface area contributed by atoms with Gasteiger partial charge in [0.05, 0.1) is 32.8 Å². The Bertz CT molecular complexity index is 229. The van der Waals surface area contributed by atoms with Gasteiger partial charge in [0.2, 0.25) is 5.79 Å². The van der Waals surface area contributed by atoms with E-state index in [0.717, 1.165) is 0 Å². The second-order valence-electron chi connectivity index (χ2n) is 3.33. The predicted octanol–water partition coefficient (Wildman–Crippen LogP) is -0.731. The zero-order chi connectivity index (χ0) is 12.6. The molecule has 0 aliphatic heterocycles. The van der Waals surface area contributed by atoms with Crippen LogP contribution in [-0.4, -0.2) is 54.0 Å². The van der Waals surface area contributed by atoms with Gasteiger partial charge in [0, 0.05) is 6.92 Å². The molecular weight excluding hydrogens is 216 g/mol. The molecule has 0 spiro atoms. The first kappa shape index (κ1) is 15.2. The van der Waals surface area contributed by atoms with Crippen LogP contribution in [0.5, 0.6) is 0 Å². The molecule has 0 aliphatic carbocycles. The number of aliphatic hydroxyl groups is 2. The third kappa shape index (κ3) is 4.80. The van der Waals surface area contributed by atoms with E-state index in [1.165, 1.54) is 13.8 Å². The number of ketones is 2. The normalized spacial score (nSPS) is 11.5. The molecule has 0 fully saturated rings. The Morgan fingerprint density at radius 2 is 1.50 bits per heavy atom. The SMILES string of the molecule is CC(=O)CC(OCCO)(OCCO)C(C)=O. The highest BCUT2D eigenvalue weighted by molar-refractivity contribution is 5.89. The van der Waals surface area contributed by atoms with Gasteiger partial charge in [0.15, 0.2) is 5.78 Å². The van der Waals surface area contributed by atoms with Crippen LogP contribution in [0.25, 0.3) is 0 Å². The lowest BCUT2D eigenvalue weighted by Gasteiger charge is -2.30. The van der Waals surface area contributed by atoms with Gasteiger partial charge in [-0.1, -0.05) is 0 Å². The third-order valence-electron chi connectivity index (χ3n) is 1.87. The van der Waals surface area contributed by atoms with Crippen molar-refractivity contribution in [2.45, 2.75) is 26.1 Å². The van der Waals surface area contributed by atoms with Crippen LogP contribution in [0.2, 0.25) is 0 Å². The summed E-state index contributed by atoms with van der Waals surface area (Å²) in [6.45, 7) is 1.75. The summed E-state index contributed by atoms with van der Waals surface area (Å²) in [7, 11) is 0. The fraction of sp³-hybridized carbons (Fsp3) is 0.800. The fourth-order valence-corrected chi connectivity index (χ4v) is 1.22. The molecule has 6 heteroatoms. The van der Waals surface area contributed by atoms with Gasteiger partial charge in [0.1, 0.15) is 5.78 Å². The summed E-state index contributed by atoms with van der Waals surface area (Å²) in [6, 6.07) is 0. The van der Waals surface area contributed by atoms with Crippen LogP contribution in [0.1, 0.15) is 20.3 Å². The number of rotatable bonds is 9. The molecule has 0 unspecified atom stereocenters. The first-order valence-electron chi connectivity index (χ1n) is 4.98. The molecule has 0 saturated heterocycles. The Morgan fingerprint density at radius 3 is 1.75 bits per heavy atom. The van der Waals surface area contributed by atoms with Crippen LogP contribution < -0.4 is 0 Å². The molecule has 2 N–H and O–H groups in total. The first-order chi connectivity index (χ1) is 7.48. The van der Waals surface area contributed by atoms with E-state index in [-0.39, 0.29) is 38.6 Å². The van der Waals surface area contributed by atoms with E-state index < -0.39 is 11.6 Å². The minimum absolute atomic E-state index is 0.113. The van der Waals surface area contributed by atoms with Crippen molar-refractivity contribution < 1.29 is 29.3 Å². The van der Waals surface area contributed by atoms with Gasteiger partial charge >= 0.3 is 0 Å². The highest BCUT2D eigenvalue weighted by Gasteiger charge is 2.39. The molecular formula is C10H18O6. The largest absolute Gasteiger partial charge is 0.394 e. The molecule has 16 heavy (non-hydrogen) atoms. The first-order valence-corrected chi connectivity index (χ1v) is 4.98. The molecule has 0 atom stereocenters. The molecule has 0 heterocycles. The summed E-state index contributed by atoms with van der Waals surface area (Å²) in [6.07, 6.45) is -0.234. The molecule has 0 rings (SSSR count). The van der Waals surface area contributed by atoms with Crippen molar-refractivity contribution in [3.8, 4) is 0 Å². The quantitative estimate of drug-likeness (QED) is 0.511. The van der Waals surface area contributed by atoms with Crippen molar-refractivity contribution in [1.82, 2.24) is 0 Å². The van der Waals surface area contributed by atoms with E-state index in [9.17, 15) is 9.59 Å².